The van der Waals surface area contributed by atoms with E-state index in [4.69, 9.17) is 0 Å². The van der Waals surface area contributed by atoms with Crippen molar-refractivity contribution < 1.29 is 19.2 Å². The van der Waals surface area contributed by atoms with Gasteiger partial charge in [0.2, 0.25) is 11.8 Å². The molecule has 0 radical (unpaired) electrons. The van der Waals surface area contributed by atoms with Gasteiger partial charge in [0, 0.05) is 57.9 Å². The first kappa shape index (κ1) is 18.9. The number of hydrogen-bond donors (Lipinski definition) is 1. The fourth-order valence-electron chi connectivity index (χ4n) is 3.53. The van der Waals surface area contributed by atoms with Gasteiger partial charge in [-0.3, -0.25) is 19.2 Å². The normalized spacial score (nSPS) is 16.6. The van der Waals surface area contributed by atoms with Crippen LogP contribution in [0.3, 0.4) is 0 Å². The van der Waals surface area contributed by atoms with E-state index in [0.717, 1.165) is 24.1 Å². The van der Waals surface area contributed by atoms with E-state index in [1.165, 1.54) is 18.7 Å². The highest BCUT2D eigenvalue weighted by atomic mass is 16.2. The third-order valence-electron chi connectivity index (χ3n) is 5.05. The van der Waals surface area contributed by atoms with Crippen molar-refractivity contribution in [2.24, 2.45) is 0 Å². The molecule has 0 saturated carbocycles. The Labute approximate surface area is 158 Å². The smallest absolute Gasteiger partial charge is 0.313 e. The number of carbonyl (C=O) groups is 4. The van der Waals surface area contributed by atoms with Gasteiger partial charge in [-0.25, -0.2) is 0 Å². The minimum atomic E-state index is -0.712. The summed E-state index contributed by atoms with van der Waals surface area (Å²) in [6.07, 6.45) is 1.79. The van der Waals surface area contributed by atoms with E-state index in [0.29, 0.717) is 38.4 Å². The number of rotatable bonds is 1. The minimum Gasteiger partial charge on any atom is -0.339 e. The van der Waals surface area contributed by atoms with Crippen molar-refractivity contribution in [2.45, 2.75) is 26.7 Å². The van der Waals surface area contributed by atoms with Crippen LogP contribution < -0.4 is 10.2 Å². The number of nitrogens with one attached hydrogen (secondary N) is 1. The van der Waals surface area contributed by atoms with Crippen LogP contribution in [0.1, 0.15) is 25.8 Å². The predicted octanol–water partition coefficient (Wildman–Crippen LogP) is 0.615. The lowest BCUT2D eigenvalue weighted by atomic mass is 10.0. The molecule has 2 heterocycles. The summed E-state index contributed by atoms with van der Waals surface area (Å²) in [6, 6.07) is 5.38. The maximum atomic E-state index is 12.4. The molecule has 1 fully saturated rings. The van der Waals surface area contributed by atoms with Crippen molar-refractivity contribution in [1.82, 2.24) is 9.80 Å². The summed E-state index contributed by atoms with van der Waals surface area (Å²) < 4.78 is 0. The summed E-state index contributed by atoms with van der Waals surface area (Å²) in [5.41, 5.74) is 2.33. The summed E-state index contributed by atoms with van der Waals surface area (Å²) in [6.45, 7) is 5.21. The number of aryl methyl sites for hydroxylation is 1. The third kappa shape index (κ3) is 4.10. The predicted molar refractivity (Wildman–Crippen MR) is 100 cm³/mol. The molecule has 2 aliphatic rings. The first-order valence-electron chi connectivity index (χ1n) is 9.13. The maximum Gasteiger partial charge on any atom is 0.313 e. The molecule has 0 spiro atoms. The average molecular weight is 372 g/mol. The van der Waals surface area contributed by atoms with Crippen LogP contribution in [0.2, 0.25) is 0 Å². The van der Waals surface area contributed by atoms with Crippen LogP contribution in [0.4, 0.5) is 11.4 Å². The van der Waals surface area contributed by atoms with Crippen molar-refractivity contribution in [3.63, 3.8) is 0 Å². The van der Waals surface area contributed by atoms with Crippen molar-refractivity contribution in [3.05, 3.63) is 23.8 Å². The Balaban J connectivity index is 1.66. The topological polar surface area (TPSA) is 90.0 Å². The summed E-state index contributed by atoms with van der Waals surface area (Å²) >= 11 is 0. The van der Waals surface area contributed by atoms with Gasteiger partial charge in [-0.15, -0.1) is 0 Å². The van der Waals surface area contributed by atoms with Gasteiger partial charge in [0.25, 0.3) is 0 Å². The Bertz CT molecular complexity index is 784. The second-order valence-electron chi connectivity index (χ2n) is 6.87. The number of nitrogens with zero attached hydrogens (tertiary/aromatic N) is 3. The van der Waals surface area contributed by atoms with Gasteiger partial charge in [0.15, 0.2) is 0 Å². The van der Waals surface area contributed by atoms with Crippen molar-refractivity contribution in [3.8, 4) is 0 Å². The molecule has 2 aliphatic heterocycles. The van der Waals surface area contributed by atoms with Gasteiger partial charge in [-0.05, 0) is 30.5 Å². The molecule has 27 heavy (non-hydrogen) atoms. The summed E-state index contributed by atoms with van der Waals surface area (Å²) in [7, 11) is 0. The quantitative estimate of drug-likeness (QED) is 0.732. The highest BCUT2D eigenvalue weighted by Gasteiger charge is 2.27. The Morgan fingerprint density at radius 1 is 0.889 bits per heavy atom. The van der Waals surface area contributed by atoms with Gasteiger partial charge in [0.1, 0.15) is 0 Å². The molecule has 8 nitrogen and oxygen atoms in total. The van der Waals surface area contributed by atoms with Gasteiger partial charge < -0.3 is 20.0 Å². The molecule has 8 heteroatoms. The molecule has 0 aliphatic carbocycles. The number of fused-ring (bicyclic) bond motifs is 1. The molecule has 0 unspecified atom stereocenters. The number of anilines is 2. The summed E-state index contributed by atoms with van der Waals surface area (Å²) in [5, 5.41) is 2.63. The standard InChI is InChI=1S/C19H24N4O4/c1-13(24)21-8-10-22(11-9-21)19(27)18(26)20-16-6-5-15-4-3-7-23(14(2)25)17(15)12-16/h5-6,12H,3-4,7-11H2,1-2H3,(H,20,26). The minimum absolute atomic E-state index is 0.0318. The van der Waals surface area contributed by atoms with E-state index < -0.39 is 11.8 Å². The molecule has 3 rings (SSSR count). The molecular weight excluding hydrogens is 348 g/mol. The zero-order valence-corrected chi connectivity index (χ0v) is 15.7. The van der Waals surface area contributed by atoms with Crippen LogP contribution in [-0.2, 0) is 25.6 Å². The molecule has 0 aromatic heterocycles. The number of piperazine rings is 1. The molecule has 4 amide bonds. The third-order valence-corrected chi connectivity index (χ3v) is 5.05. The molecule has 1 aromatic carbocycles. The first-order chi connectivity index (χ1) is 12.9. The fraction of sp³-hybridized carbons (Fsp3) is 0.474. The van der Waals surface area contributed by atoms with Gasteiger partial charge >= 0.3 is 11.8 Å². The van der Waals surface area contributed by atoms with Crippen molar-refractivity contribution >= 4 is 35.0 Å². The van der Waals surface area contributed by atoms with Crippen LogP contribution in [-0.4, -0.2) is 66.2 Å². The van der Waals surface area contributed by atoms with Crippen LogP contribution >= 0.6 is 0 Å². The van der Waals surface area contributed by atoms with E-state index in [-0.39, 0.29) is 11.8 Å². The van der Waals surface area contributed by atoms with Gasteiger partial charge in [0.05, 0.1) is 0 Å². The largest absolute Gasteiger partial charge is 0.339 e. The average Bonchev–Trinajstić information content (AvgIpc) is 2.66. The van der Waals surface area contributed by atoms with Crippen LogP contribution in [0.25, 0.3) is 0 Å². The van der Waals surface area contributed by atoms with E-state index in [9.17, 15) is 19.2 Å². The fourth-order valence-corrected chi connectivity index (χ4v) is 3.53. The molecule has 1 N–H and O–H groups in total. The van der Waals surface area contributed by atoms with Crippen LogP contribution in [0, 0.1) is 0 Å². The molecule has 1 aromatic rings. The van der Waals surface area contributed by atoms with Crippen molar-refractivity contribution in [2.75, 3.05) is 42.9 Å². The van der Waals surface area contributed by atoms with Gasteiger partial charge in [-0.1, -0.05) is 6.07 Å². The van der Waals surface area contributed by atoms with Crippen LogP contribution in [0.5, 0.6) is 0 Å². The monoisotopic (exact) mass is 372 g/mol. The lowest BCUT2D eigenvalue weighted by Gasteiger charge is -2.33. The molecular formula is C19H24N4O4. The van der Waals surface area contributed by atoms with E-state index in [2.05, 4.69) is 5.32 Å². The Hall–Kier alpha value is -2.90. The molecule has 144 valence electrons. The number of carbonyl (C=O) groups excluding carboxylic acids is 4. The van der Waals surface area contributed by atoms with Crippen molar-refractivity contribution in [1.29, 1.82) is 0 Å². The molecule has 0 bridgehead atoms. The summed E-state index contributed by atoms with van der Waals surface area (Å²) in [4.78, 5) is 52.7. The SMILES string of the molecule is CC(=O)N1CCN(C(=O)C(=O)Nc2ccc3c(c2)N(C(C)=O)CCC3)CC1. The highest BCUT2D eigenvalue weighted by molar-refractivity contribution is 6.39. The van der Waals surface area contributed by atoms with Gasteiger partial charge in [-0.2, -0.15) is 0 Å². The lowest BCUT2D eigenvalue weighted by molar-refractivity contribution is -0.145. The Kier molecular flexibility index (Phi) is 5.43. The molecule has 0 atom stereocenters. The zero-order valence-electron chi connectivity index (χ0n) is 15.7. The lowest BCUT2D eigenvalue weighted by Crippen LogP contribution is -2.52. The Morgan fingerprint density at radius 3 is 2.19 bits per heavy atom. The second-order valence-corrected chi connectivity index (χ2v) is 6.87. The van der Waals surface area contributed by atoms with E-state index in [1.54, 1.807) is 21.9 Å². The van der Waals surface area contributed by atoms with E-state index in [1.807, 2.05) is 6.07 Å². The van der Waals surface area contributed by atoms with E-state index >= 15 is 0 Å². The maximum absolute atomic E-state index is 12.4. The Morgan fingerprint density at radius 2 is 1.56 bits per heavy atom. The number of hydrogen-bond acceptors (Lipinski definition) is 4. The summed E-state index contributed by atoms with van der Waals surface area (Å²) in [5.74, 6) is -1.40. The second kappa shape index (κ2) is 7.77. The van der Waals surface area contributed by atoms with Crippen LogP contribution in [0.15, 0.2) is 18.2 Å². The highest BCUT2D eigenvalue weighted by Crippen LogP contribution is 2.30. The first-order valence-corrected chi connectivity index (χ1v) is 9.13. The zero-order chi connectivity index (χ0) is 19.6. The number of benzene rings is 1. The number of amides is 4. The molecule has 1 saturated heterocycles.